The number of fused-ring (bicyclic) bond motifs is 1. The Hall–Kier alpha value is -0.120. The molecule has 2 heterocycles. The standard InChI is InChI=1S/C12H22N2O/c13-10-9-5-8-15-12(9)11(10)14-6-3-1-2-4-7-14/h9-12H,1-8,13H2. The van der Waals surface area contributed by atoms with Crippen LogP contribution in [0.3, 0.4) is 0 Å². The molecule has 2 N–H and O–H groups in total. The first-order valence-electron chi connectivity index (χ1n) is 6.49. The highest BCUT2D eigenvalue weighted by atomic mass is 16.5. The third kappa shape index (κ3) is 1.61. The van der Waals surface area contributed by atoms with Crippen LogP contribution in [0, 0.1) is 5.92 Å². The predicted molar refractivity (Wildman–Crippen MR) is 59.7 cm³/mol. The van der Waals surface area contributed by atoms with E-state index < -0.39 is 0 Å². The van der Waals surface area contributed by atoms with Gasteiger partial charge in [-0.3, -0.25) is 4.90 Å². The summed E-state index contributed by atoms with van der Waals surface area (Å²) in [6.45, 7) is 3.42. The number of rotatable bonds is 1. The molecule has 3 rings (SSSR count). The van der Waals surface area contributed by atoms with Crippen molar-refractivity contribution in [2.45, 2.75) is 50.3 Å². The SMILES string of the molecule is NC1C2CCOC2C1N1CCCCCC1. The Morgan fingerprint density at radius 1 is 1.07 bits per heavy atom. The van der Waals surface area contributed by atoms with Crippen molar-refractivity contribution in [2.75, 3.05) is 19.7 Å². The van der Waals surface area contributed by atoms with E-state index in [9.17, 15) is 0 Å². The van der Waals surface area contributed by atoms with Gasteiger partial charge in [-0.05, 0) is 32.4 Å². The number of hydrogen-bond donors (Lipinski definition) is 1. The molecule has 0 aromatic heterocycles. The zero-order valence-electron chi connectivity index (χ0n) is 9.40. The minimum Gasteiger partial charge on any atom is -0.376 e. The van der Waals surface area contributed by atoms with E-state index in [0.29, 0.717) is 24.1 Å². The Balaban J connectivity index is 1.65. The summed E-state index contributed by atoms with van der Waals surface area (Å²) in [5, 5.41) is 0. The lowest BCUT2D eigenvalue weighted by atomic mass is 9.71. The van der Waals surface area contributed by atoms with E-state index in [2.05, 4.69) is 4.90 Å². The third-order valence-electron chi connectivity index (χ3n) is 4.47. The molecule has 1 saturated carbocycles. The van der Waals surface area contributed by atoms with Crippen LogP contribution in [0.1, 0.15) is 32.1 Å². The van der Waals surface area contributed by atoms with Crippen LogP contribution in [-0.4, -0.2) is 42.8 Å². The fraction of sp³-hybridized carbons (Fsp3) is 1.00. The Labute approximate surface area is 91.9 Å². The molecule has 0 bridgehead atoms. The van der Waals surface area contributed by atoms with Crippen LogP contribution in [0.15, 0.2) is 0 Å². The van der Waals surface area contributed by atoms with E-state index in [0.717, 1.165) is 6.61 Å². The smallest absolute Gasteiger partial charge is 0.0789 e. The third-order valence-corrected chi connectivity index (χ3v) is 4.47. The number of hydrogen-bond acceptors (Lipinski definition) is 3. The van der Waals surface area contributed by atoms with E-state index in [1.165, 1.54) is 45.2 Å². The molecule has 0 aromatic carbocycles. The summed E-state index contributed by atoms with van der Waals surface area (Å²) in [6.07, 6.45) is 7.15. The lowest BCUT2D eigenvalue weighted by Crippen LogP contribution is -2.69. The second kappa shape index (κ2) is 4.04. The van der Waals surface area contributed by atoms with Crippen LogP contribution in [-0.2, 0) is 4.74 Å². The number of ether oxygens (including phenoxy) is 1. The normalized spacial score (nSPS) is 47.0. The highest BCUT2D eigenvalue weighted by molar-refractivity contribution is 5.09. The van der Waals surface area contributed by atoms with E-state index in [-0.39, 0.29) is 0 Å². The summed E-state index contributed by atoms with van der Waals surface area (Å²) in [4.78, 5) is 2.60. The predicted octanol–water partition coefficient (Wildman–Crippen LogP) is 0.977. The Morgan fingerprint density at radius 3 is 2.53 bits per heavy atom. The van der Waals surface area contributed by atoms with Crippen molar-refractivity contribution in [3.8, 4) is 0 Å². The minimum absolute atomic E-state index is 0.385. The summed E-state index contributed by atoms with van der Waals surface area (Å²) >= 11 is 0. The maximum atomic E-state index is 6.27. The first-order valence-corrected chi connectivity index (χ1v) is 6.49. The average molecular weight is 210 g/mol. The van der Waals surface area contributed by atoms with Crippen LogP contribution in [0.25, 0.3) is 0 Å². The van der Waals surface area contributed by atoms with Crippen molar-refractivity contribution in [1.29, 1.82) is 0 Å². The van der Waals surface area contributed by atoms with E-state index in [1.54, 1.807) is 0 Å². The monoisotopic (exact) mass is 210 g/mol. The van der Waals surface area contributed by atoms with Gasteiger partial charge < -0.3 is 10.5 Å². The maximum absolute atomic E-state index is 6.27. The zero-order chi connectivity index (χ0) is 10.3. The molecule has 0 amide bonds. The van der Waals surface area contributed by atoms with E-state index in [4.69, 9.17) is 10.5 Å². The molecule has 0 aromatic rings. The number of nitrogens with zero attached hydrogens (tertiary/aromatic N) is 1. The van der Waals surface area contributed by atoms with Crippen LogP contribution >= 0.6 is 0 Å². The molecule has 2 aliphatic heterocycles. The van der Waals surface area contributed by atoms with Crippen molar-refractivity contribution >= 4 is 0 Å². The molecule has 3 aliphatic rings. The molecule has 4 unspecified atom stereocenters. The summed E-state index contributed by atoms with van der Waals surface area (Å²) in [5.41, 5.74) is 6.27. The molecular formula is C12H22N2O. The van der Waals surface area contributed by atoms with Crippen molar-refractivity contribution in [1.82, 2.24) is 4.90 Å². The summed E-state index contributed by atoms with van der Waals surface area (Å²) < 4.78 is 5.81. The average Bonchev–Trinajstić information content (AvgIpc) is 2.48. The zero-order valence-corrected chi connectivity index (χ0v) is 9.40. The number of likely N-dealkylation sites (tertiary alicyclic amines) is 1. The van der Waals surface area contributed by atoms with Crippen molar-refractivity contribution in [2.24, 2.45) is 11.7 Å². The van der Waals surface area contributed by atoms with Crippen molar-refractivity contribution in [3.63, 3.8) is 0 Å². The molecule has 4 atom stereocenters. The van der Waals surface area contributed by atoms with Gasteiger partial charge in [0.05, 0.1) is 12.1 Å². The largest absolute Gasteiger partial charge is 0.376 e. The molecule has 0 spiro atoms. The van der Waals surface area contributed by atoms with Gasteiger partial charge in [-0.1, -0.05) is 12.8 Å². The van der Waals surface area contributed by atoms with Crippen LogP contribution < -0.4 is 5.73 Å². The fourth-order valence-corrected chi connectivity index (χ4v) is 3.56. The molecular weight excluding hydrogens is 188 g/mol. The molecule has 0 radical (unpaired) electrons. The van der Waals surface area contributed by atoms with Crippen LogP contribution in [0.5, 0.6) is 0 Å². The van der Waals surface area contributed by atoms with E-state index in [1.807, 2.05) is 0 Å². The van der Waals surface area contributed by atoms with Crippen molar-refractivity contribution < 1.29 is 4.74 Å². The highest BCUT2D eigenvalue weighted by Crippen LogP contribution is 2.41. The van der Waals surface area contributed by atoms with Gasteiger partial charge in [0.1, 0.15) is 0 Å². The van der Waals surface area contributed by atoms with Gasteiger partial charge in [-0.2, -0.15) is 0 Å². The minimum atomic E-state index is 0.385. The summed E-state index contributed by atoms with van der Waals surface area (Å²) in [6, 6.07) is 0.922. The quantitative estimate of drug-likeness (QED) is 0.701. The highest BCUT2D eigenvalue weighted by Gasteiger charge is 2.54. The number of nitrogens with two attached hydrogens (primary N) is 1. The Bertz CT molecular complexity index is 226. The molecule has 3 heteroatoms. The van der Waals surface area contributed by atoms with E-state index >= 15 is 0 Å². The van der Waals surface area contributed by atoms with Gasteiger partial charge >= 0.3 is 0 Å². The van der Waals surface area contributed by atoms with Crippen molar-refractivity contribution in [3.05, 3.63) is 0 Å². The Morgan fingerprint density at radius 2 is 1.80 bits per heavy atom. The van der Waals surface area contributed by atoms with Gasteiger partial charge in [0, 0.05) is 18.6 Å². The maximum Gasteiger partial charge on any atom is 0.0789 e. The molecule has 3 nitrogen and oxygen atoms in total. The summed E-state index contributed by atoms with van der Waals surface area (Å²) in [7, 11) is 0. The molecule has 86 valence electrons. The second-order valence-corrected chi connectivity index (χ2v) is 5.31. The van der Waals surface area contributed by atoms with Gasteiger partial charge in [0.15, 0.2) is 0 Å². The fourth-order valence-electron chi connectivity index (χ4n) is 3.56. The van der Waals surface area contributed by atoms with Gasteiger partial charge in [-0.25, -0.2) is 0 Å². The van der Waals surface area contributed by atoms with Gasteiger partial charge in [-0.15, -0.1) is 0 Å². The van der Waals surface area contributed by atoms with Gasteiger partial charge in [0.25, 0.3) is 0 Å². The van der Waals surface area contributed by atoms with Gasteiger partial charge in [0.2, 0.25) is 0 Å². The molecule has 3 fully saturated rings. The lowest BCUT2D eigenvalue weighted by Gasteiger charge is -2.50. The Kier molecular flexibility index (Phi) is 2.71. The lowest BCUT2D eigenvalue weighted by molar-refractivity contribution is -0.0727. The van der Waals surface area contributed by atoms with Crippen LogP contribution in [0.4, 0.5) is 0 Å². The van der Waals surface area contributed by atoms with Crippen LogP contribution in [0.2, 0.25) is 0 Å². The second-order valence-electron chi connectivity index (χ2n) is 5.31. The first kappa shape index (κ1) is 10.1. The molecule has 1 aliphatic carbocycles. The molecule has 2 saturated heterocycles. The topological polar surface area (TPSA) is 38.5 Å². The molecule has 15 heavy (non-hydrogen) atoms. The summed E-state index contributed by atoms with van der Waals surface area (Å²) in [5.74, 6) is 0.665. The first-order chi connectivity index (χ1) is 7.38.